The average molecular weight is 276 g/mol. The standard InChI is InChI=1S/C14H14ClN3O/c1-10-2-4-11(5-3-10)8-17-14(19)18-13-7-6-12(15)9-16-13/h2-7,9H,8H2,1H3,(H2,16,17,18,19). The molecule has 0 radical (unpaired) electrons. The van der Waals surface area contributed by atoms with Crippen molar-refractivity contribution in [3.63, 3.8) is 0 Å². The van der Waals surface area contributed by atoms with E-state index in [-0.39, 0.29) is 6.03 Å². The number of aromatic nitrogens is 1. The van der Waals surface area contributed by atoms with Crippen molar-refractivity contribution in [2.24, 2.45) is 0 Å². The number of benzene rings is 1. The second-order valence-electron chi connectivity index (χ2n) is 4.15. The van der Waals surface area contributed by atoms with Crippen molar-refractivity contribution < 1.29 is 4.79 Å². The Kier molecular flexibility index (Phi) is 4.36. The molecule has 0 atom stereocenters. The van der Waals surface area contributed by atoms with Gasteiger partial charge >= 0.3 is 6.03 Å². The minimum Gasteiger partial charge on any atom is -0.334 e. The van der Waals surface area contributed by atoms with E-state index in [2.05, 4.69) is 15.6 Å². The van der Waals surface area contributed by atoms with Gasteiger partial charge in [0, 0.05) is 12.7 Å². The maximum Gasteiger partial charge on any atom is 0.320 e. The van der Waals surface area contributed by atoms with Gasteiger partial charge < -0.3 is 5.32 Å². The van der Waals surface area contributed by atoms with Gasteiger partial charge in [0.15, 0.2) is 0 Å². The molecule has 1 aromatic carbocycles. The van der Waals surface area contributed by atoms with Crippen molar-refractivity contribution in [3.05, 3.63) is 58.7 Å². The fraction of sp³-hybridized carbons (Fsp3) is 0.143. The summed E-state index contributed by atoms with van der Waals surface area (Å²) in [4.78, 5) is 15.6. The summed E-state index contributed by atoms with van der Waals surface area (Å²) in [5.74, 6) is 0.464. The van der Waals surface area contributed by atoms with Crippen LogP contribution in [0.4, 0.5) is 10.6 Å². The molecule has 1 heterocycles. The number of amides is 2. The molecule has 0 saturated heterocycles. The first-order valence-electron chi connectivity index (χ1n) is 5.85. The lowest BCUT2D eigenvalue weighted by atomic mass is 10.1. The molecule has 0 aliphatic carbocycles. The Morgan fingerprint density at radius 3 is 2.58 bits per heavy atom. The number of nitrogens with zero attached hydrogens (tertiary/aromatic N) is 1. The molecule has 0 spiro atoms. The van der Waals surface area contributed by atoms with Gasteiger partial charge in [0.2, 0.25) is 0 Å². The maximum atomic E-state index is 11.6. The molecule has 2 aromatic rings. The number of rotatable bonds is 3. The Morgan fingerprint density at radius 2 is 1.95 bits per heavy atom. The van der Waals surface area contributed by atoms with E-state index in [4.69, 9.17) is 11.6 Å². The Morgan fingerprint density at radius 1 is 1.21 bits per heavy atom. The zero-order valence-corrected chi connectivity index (χ0v) is 11.2. The lowest BCUT2D eigenvalue weighted by Crippen LogP contribution is -2.28. The van der Waals surface area contributed by atoms with E-state index in [1.807, 2.05) is 31.2 Å². The molecule has 0 saturated carbocycles. The number of carbonyl (C=O) groups is 1. The van der Waals surface area contributed by atoms with Crippen molar-refractivity contribution >= 4 is 23.4 Å². The smallest absolute Gasteiger partial charge is 0.320 e. The molecule has 98 valence electrons. The van der Waals surface area contributed by atoms with Crippen molar-refractivity contribution in [2.75, 3.05) is 5.32 Å². The zero-order valence-electron chi connectivity index (χ0n) is 10.5. The van der Waals surface area contributed by atoms with Gasteiger partial charge in [-0.25, -0.2) is 9.78 Å². The van der Waals surface area contributed by atoms with Crippen molar-refractivity contribution in [1.29, 1.82) is 0 Å². The van der Waals surface area contributed by atoms with Crippen LogP contribution in [0.2, 0.25) is 5.02 Å². The number of urea groups is 1. The van der Waals surface area contributed by atoms with Crippen LogP contribution in [0.1, 0.15) is 11.1 Å². The Bertz CT molecular complexity index is 552. The van der Waals surface area contributed by atoms with Crippen molar-refractivity contribution in [3.8, 4) is 0 Å². The van der Waals surface area contributed by atoms with E-state index >= 15 is 0 Å². The van der Waals surface area contributed by atoms with E-state index < -0.39 is 0 Å². The first-order valence-corrected chi connectivity index (χ1v) is 6.23. The van der Waals surface area contributed by atoms with E-state index in [1.54, 1.807) is 12.1 Å². The van der Waals surface area contributed by atoms with Gasteiger partial charge in [0.1, 0.15) is 5.82 Å². The van der Waals surface area contributed by atoms with Gasteiger partial charge in [0.25, 0.3) is 0 Å². The topological polar surface area (TPSA) is 54.0 Å². The predicted molar refractivity (Wildman–Crippen MR) is 76.3 cm³/mol. The van der Waals surface area contributed by atoms with Gasteiger partial charge in [-0.05, 0) is 24.6 Å². The summed E-state index contributed by atoms with van der Waals surface area (Å²) in [6.07, 6.45) is 1.48. The van der Waals surface area contributed by atoms with Crippen molar-refractivity contribution in [1.82, 2.24) is 10.3 Å². The number of hydrogen-bond acceptors (Lipinski definition) is 2. The van der Waals surface area contributed by atoms with Crippen LogP contribution in [0, 0.1) is 6.92 Å². The summed E-state index contributed by atoms with van der Waals surface area (Å²) >= 11 is 5.71. The molecule has 4 nitrogen and oxygen atoms in total. The fourth-order valence-electron chi connectivity index (χ4n) is 1.50. The number of hydrogen-bond donors (Lipinski definition) is 2. The fourth-order valence-corrected chi connectivity index (χ4v) is 1.61. The van der Waals surface area contributed by atoms with Crippen molar-refractivity contribution in [2.45, 2.75) is 13.5 Å². The van der Waals surface area contributed by atoms with Crippen LogP contribution in [-0.4, -0.2) is 11.0 Å². The van der Waals surface area contributed by atoms with Crippen LogP contribution in [0.5, 0.6) is 0 Å². The number of halogens is 1. The van der Waals surface area contributed by atoms with E-state index in [1.165, 1.54) is 11.8 Å². The second kappa shape index (κ2) is 6.20. The molecule has 0 unspecified atom stereocenters. The third kappa shape index (κ3) is 4.26. The van der Waals surface area contributed by atoms with Gasteiger partial charge in [-0.15, -0.1) is 0 Å². The zero-order chi connectivity index (χ0) is 13.7. The maximum absolute atomic E-state index is 11.6. The molecule has 0 aliphatic heterocycles. The van der Waals surface area contributed by atoms with Crippen LogP contribution < -0.4 is 10.6 Å². The Hall–Kier alpha value is -2.07. The van der Waals surface area contributed by atoms with Crippen LogP contribution in [0.25, 0.3) is 0 Å². The summed E-state index contributed by atoms with van der Waals surface area (Å²) in [6.45, 7) is 2.50. The third-order valence-corrected chi connectivity index (χ3v) is 2.77. The second-order valence-corrected chi connectivity index (χ2v) is 4.59. The summed E-state index contributed by atoms with van der Waals surface area (Å²) < 4.78 is 0. The summed E-state index contributed by atoms with van der Waals surface area (Å²) in [7, 11) is 0. The normalized spacial score (nSPS) is 10.0. The highest BCUT2D eigenvalue weighted by Crippen LogP contribution is 2.09. The van der Waals surface area contributed by atoms with Gasteiger partial charge in [-0.3, -0.25) is 5.32 Å². The Labute approximate surface area is 116 Å². The molecule has 2 rings (SSSR count). The minimum atomic E-state index is -0.296. The molecule has 0 fully saturated rings. The average Bonchev–Trinajstić information content (AvgIpc) is 2.41. The summed E-state index contributed by atoms with van der Waals surface area (Å²) in [5.41, 5.74) is 2.24. The van der Waals surface area contributed by atoms with Gasteiger partial charge in [-0.1, -0.05) is 41.4 Å². The molecule has 0 aliphatic rings. The lowest BCUT2D eigenvalue weighted by molar-refractivity contribution is 0.251. The lowest BCUT2D eigenvalue weighted by Gasteiger charge is -2.07. The highest BCUT2D eigenvalue weighted by Gasteiger charge is 2.02. The SMILES string of the molecule is Cc1ccc(CNC(=O)Nc2ccc(Cl)cn2)cc1. The molecular weight excluding hydrogens is 262 g/mol. The summed E-state index contributed by atoms with van der Waals surface area (Å²) in [5, 5.41) is 5.92. The quantitative estimate of drug-likeness (QED) is 0.902. The first kappa shape index (κ1) is 13.4. The highest BCUT2D eigenvalue weighted by molar-refractivity contribution is 6.30. The van der Waals surface area contributed by atoms with E-state index in [9.17, 15) is 4.79 Å². The number of aryl methyl sites for hydroxylation is 1. The summed E-state index contributed by atoms with van der Waals surface area (Å²) in [6, 6.07) is 11.0. The number of anilines is 1. The third-order valence-electron chi connectivity index (χ3n) is 2.54. The molecular formula is C14H14ClN3O. The monoisotopic (exact) mass is 275 g/mol. The molecule has 5 heteroatoms. The van der Waals surface area contributed by atoms with Crippen LogP contribution in [0.3, 0.4) is 0 Å². The molecule has 2 N–H and O–H groups in total. The van der Waals surface area contributed by atoms with Gasteiger partial charge in [-0.2, -0.15) is 0 Å². The number of carbonyl (C=O) groups excluding carboxylic acids is 1. The predicted octanol–water partition coefficient (Wildman–Crippen LogP) is 3.37. The van der Waals surface area contributed by atoms with E-state index in [0.717, 1.165) is 5.56 Å². The number of pyridine rings is 1. The van der Waals surface area contributed by atoms with Crippen LogP contribution >= 0.6 is 11.6 Å². The first-order chi connectivity index (χ1) is 9.13. The number of nitrogens with one attached hydrogen (secondary N) is 2. The molecule has 1 aromatic heterocycles. The molecule has 0 bridgehead atoms. The largest absolute Gasteiger partial charge is 0.334 e. The van der Waals surface area contributed by atoms with Crippen LogP contribution in [0.15, 0.2) is 42.6 Å². The van der Waals surface area contributed by atoms with Gasteiger partial charge in [0.05, 0.1) is 5.02 Å². The molecule has 19 heavy (non-hydrogen) atoms. The minimum absolute atomic E-state index is 0.296. The van der Waals surface area contributed by atoms with E-state index in [0.29, 0.717) is 17.4 Å². The molecule has 2 amide bonds. The van der Waals surface area contributed by atoms with Crippen LogP contribution in [-0.2, 0) is 6.54 Å². The Balaban J connectivity index is 1.84. The highest BCUT2D eigenvalue weighted by atomic mass is 35.5.